The van der Waals surface area contributed by atoms with E-state index >= 15 is 0 Å². The standard InChI is InChI=1S/C23H26N6O2/c1-15-24-20(14-21(25-15)29-12-4-5-13-29)26-16-8-10-17(11-9-16)27-23(30)22-18-6-2-3-7-19(18)31-28-22/h8-11,14H,2-7,12-13H2,1H3,(H,27,30)(H,24,25,26). The number of nitrogens with one attached hydrogen (secondary N) is 2. The van der Waals surface area contributed by atoms with Gasteiger partial charge < -0.3 is 20.1 Å². The minimum absolute atomic E-state index is 0.228. The Kier molecular flexibility index (Phi) is 5.28. The van der Waals surface area contributed by atoms with Crippen molar-refractivity contribution in [3.63, 3.8) is 0 Å². The first-order chi connectivity index (χ1) is 15.2. The second-order valence-corrected chi connectivity index (χ2v) is 8.15. The summed E-state index contributed by atoms with van der Waals surface area (Å²) < 4.78 is 5.35. The summed E-state index contributed by atoms with van der Waals surface area (Å²) in [6.45, 7) is 3.99. The van der Waals surface area contributed by atoms with Gasteiger partial charge in [0, 0.05) is 42.5 Å². The largest absolute Gasteiger partial charge is 0.360 e. The van der Waals surface area contributed by atoms with Gasteiger partial charge in [-0.3, -0.25) is 4.79 Å². The lowest BCUT2D eigenvalue weighted by atomic mass is 9.96. The van der Waals surface area contributed by atoms with E-state index in [1.54, 1.807) is 0 Å². The highest BCUT2D eigenvalue weighted by Crippen LogP contribution is 2.26. The van der Waals surface area contributed by atoms with Gasteiger partial charge in [0.05, 0.1) is 0 Å². The van der Waals surface area contributed by atoms with Gasteiger partial charge in [-0.05, 0) is 63.3 Å². The number of carbonyl (C=O) groups is 1. The summed E-state index contributed by atoms with van der Waals surface area (Å²) >= 11 is 0. The molecule has 160 valence electrons. The molecule has 2 aliphatic rings. The minimum Gasteiger partial charge on any atom is -0.360 e. The van der Waals surface area contributed by atoms with E-state index < -0.39 is 0 Å². The summed E-state index contributed by atoms with van der Waals surface area (Å²) in [7, 11) is 0. The van der Waals surface area contributed by atoms with Crippen molar-refractivity contribution in [3.8, 4) is 0 Å². The average molecular weight is 419 g/mol. The molecule has 0 saturated carbocycles. The third kappa shape index (κ3) is 4.23. The van der Waals surface area contributed by atoms with Crippen LogP contribution >= 0.6 is 0 Å². The summed E-state index contributed by atoms with van der Waals surface area (Å²) in [5.74, 6) is 3.10. The summed E-state index contributed by atoms with van der Waals surface area (Å²) in [6.07, 6.45) is 6.27. The molecule has 3 aromatic rings. The number of aromatic nitrogens is 3. The van der Waals surface area contributed by atoms with Crippen molar-refractivity contribution in [1.29, 1.82) is 0 Å². The van der Waals surface area contributed by atoms with Crippen LogP contribution in [-0.2, 0) is 12.8 Å². The molecule has 1 aromatic carbocycles. The van der Waals surface area contributed by atoms with Crippen molar-refractivity contribution in [3.05, 3.63) is 53.2 Å². The number of benzene rings is 1. The highest BCUT2D eigenvalue weighted by atomic mass is 16.5. The summed E-state index contributed by atoms with van der Waals surface area (Å²) in [5.41, 5.74) is 2.96. The fourth-order valence-corrected chi connectivity index (χ4v) is 4.26. The normalized spacial score (nSPS) is 15.6. The number of carbonyl (C=O) groups excluding carboxylic acids is 1. The maximum Gasteiger partial charge on any atom is 0.278 e. The van der Waals surface area contributed by atoms with Crippen LogP contribution in [0.5, 0.6) is 0 Å². The Morgan fingerprint density at radius 2 is 1.74 bits per heavy atom. The Hall–Kier alpha value is -3.42. The summed E-state index contributed by atoms with van der Waals surface area (Å²) in [5, 5.41) is 10.3. The minimum atomic E-state index is -0.228. The van der Waals surface area contributed by atoms with E-state index in [0.717, 1.165) is 73.2 Å². The fourth-order valence-electron chi connectivity index (χ4n) is 4.26. The van der Waals surface area contributed by atoms with Gasteiger partial charge >= 0.3 is 0 Å². The number of rotatable bonds is 5. The van der Waals surface area contributed by atoms with Crippen LogP contribution in [-0.4, -0.2) is 34.1 Å². The zero-order chi connectivity index (χ0) is 21.2. The van der Waals surface area contributed by atoms with E-state index in [9.17, 15) is 4.79 Å². The van der Waals surface area contributed by atoms with Gasteiger partial charge in [-0.2, -0.15) is 0 Å². The van der Waals surface area contributed by atoms with Crippen molar-refractivity contribution < 1.29 is 9.32 Å². The quantitative estimate of drug-likeness (QED) is 0.639. The number of nitrogens with zero attached hydrogens (tertiary/aromatic N) is 4. The zero-order valence-electron chi connectivity index (χ0n) is 17.6. The smallest absolute Gasteiger partial charge is 0.278 e. The van der Waals surface area contributed by atoms with E-state index in [-0.39, 0.29) is 5.91 Å². The van der Waals surface area contributed by atoms with Gasteiger partial charge in [0.15, 0.2) is 5.69 Å². The second kappa shape index (κ2) is 8.37. The van der Waals surface area contributed by atoms with E-state index in [1.165, 1.54) is 12.8 Å². The van der Waals surface area contributed by atoms with Crippen LogP contribution in [0.4, 0.5) is 23.0 Å². The maximum absolute atomic E-state index is 12.7. The molecule has 2 N–H and O–H groups in total. The molecule has 0 unspecified atom stereocenters. The Morgan fingerprint density at radius 3 is 2.55 bits per heavy atom. The second-order valence-electron chi connectivity index (χ2n) is 8.15. The van der Waals surface area contributed by atoms with Crippen LogP contribution in [0.1, 0.15) is 53.3 Å². The summed E-state index contributed by atoms with van der Waals surface area (Å²) in [6, 6.07) is 9.55. The average Bonchev–Trinajstić information content (AvgIpc) is 3.45. The van der Waals surface area contributed by atoms with Crippen LogP contribution in [0.2, 0.25) is 0 Å². The van der Waals surface area contributed by atoms with Gasteiger partial charge in [0.2, 0.25) is 0 Å². The third-order valence-electron chi connectivity index (χ3n) is 5.83. The molecule has 0 radical (unpaired) electrons. The van der Waals surface area contributed by atoms with Gasteiger partial charge in [-0.15, -0.1) is 0 Å². The van der Waals surface area contributed by atoms with Crippen molar-refractivity contribution in [1.82, 2.24) is 15.1 Å². The molecule has 1 amide bonds. The van der Waals surface area contributed by atoms with Crippen molar-refractivity contribution in [2.24, 2.45) is 0 Å². The summed E-state index contributed by atoms with van der Waals surface area (Å²) in [4.78, 5) is 24.0. The van der Waals surface area contributed by atoms with Crippen LogP contribution in [0.3, 0.4) is 0 Å². The first-order valence-electron chi connectivity index (χ1n) is 10.9. The molecule has 1 aliphatic heterocycles. The highest BCUT2D eigenvalue weighted by molar-refractivity contribution is 6.04. The molecular formula is C23H26N6O2. The van der Waals surface area contributed by atoms with E-state index in [0.29, 0.717) is 11.4 Å². The molecular weight excluding hydrogens is 392 g/mol. The maximum atomic E-state index is 12.7. The molecule has 1 saturated heterocycles. The number of fused-ring (bicyclic) bond motifs is 1. The van der Waals surface area contributed by atoms with Crippen LogP contribution < -0.4 is 15.5 Å². The van der Waals surface area contributed by atoms with Crippen LogP contribution in [0, 0.1) is 6.92 Å². The van der Waals surface area contributed by atoms with Crippen molar-refractivity contribution in [2.45, 2.75) is 45.4 Å². The lowest BCUT2D eigenvalue weighted by molar-refractivity contribution is 0.101. The molecule has 31 heavy (non-hydrogen) atoms. The monoisotopic (exact) mass is 418 g/mol. The predicted molar refractivity (Wildman–Crippen MR) is 119 cm³/mol. The molecule has 5 rings (SSSR count). The van der Waals surface area contributed by atoms with Gasteiger partial charge in [0.25, 0.3) is 5.91 Å². The Morgan fingerprint density at radius 1 is 1.00 bits per heavy atom. The van der Waals surface area contributed by atoms with E-state index in [1.807, 2.05) is 37.3 Å². The fraction of sp³-hybridized carbons (Fsp3) is 0.391. The number of amides is 1. The number of anilines is 4. The lowest BCUT2D eigenvalue weighted by Gasteiger charge is -2.18. The molecule has 0 bridgehead atoms. The van der Waals surface area contributed by atoms with E-state index in [4.69, 9.17) is 4.52 Å². The highest BCUT2D eigenvalue weighted by Gasteiger charge is 2.24. The lowest BCUT2D eigenvalue weighted by Crippen LogP contribution is -2.19. The first kappa shape index (κ1) is 19.5. The van der Waals surface area contributed by atoms with Crippen LogP contribution in [0.15, 0.2) is 34.9 Å². The van der Waals surface area contributed by atoms with Gasteiger partial charge in [-0.1, -0.05) is 5.16 Å². The molecule has 1 fully saturated rings. The Labute approximate surface area is 181 Å². The molecule has 0 spiro atoms. The Bertz CT molecular complexity index is 1090. The zero-order valence-corrected chi connectivity index (χ0v) is 17.6. The third-order valence-corrected chi connectivity index (χ3v) is 5.83. The number of hydrogen-bond acceptors (Lipinski definition) is 7. The molecule has 8 heteroatoms. The predicted octanol–water partition coefficient (Wildman–Crippen LogP) is 4.25. The van der Waals surface area contributed by atoms with Crippen molar-refractivity contribution in [2.75, 3.05) is 28.6 Å². The molecule has 8 nitrogen and oxygen atoms in total. The van der Waals surface area contributed by atoms with Gasteiger partial charge in [0.1, 0.15) is 23.2 Å². The molecule has 0 atom stereocenters. The molecule has 3 heterocycles. The number of hydrogen-bond donors (Lipinski definition) is 2. The Balaban J connectivity index is 1.26. The number of aryl methyl sites for hydroxylation is 2. The first-order valence-corrected chi connectivity index (χ1v) is 10.9. The van der Waals surface area contributed by atoms with Gasteiger partial charge in [-0.25, -0.2) is 9.97 Å². The molecule has 2 aromatic heterocycles. The topological polar surface area (TPSA) is 96.2 Å². The van der Waals surface area contributed by atoms with Crippen molar-refractivity contribution >= 4 is 28.9 Å². The SMILES string of the molecule is Cc1nc(Nc2ccc(NC(=O)c3noc4c3CCCC4)cc2)cc(N2CCCC2)n1. The van der Waals surface area contributed by atoms with Crippen LogP contribution in [0.25, 0.3) is 0 Å². The van der Waals surface area contributed by atoms with E-state index in [2.05, 4.69) is 30.7 Å². The molecule has 1 aliphatic carbocycles.